The first-order chi connectivity index (χ1) is 11.9. The van der Waals surface area contributed by atoms with Gasteiger partial charge in [0.2, 0.25) is 5.91 Å². The van der Waals surface area contributed by atoms with Gasteiger partial charge in [-0.25, -0.2) is 4.79 Å². The SMILES string of the molecule is O=C(Cc1ccccc1)NC1CC(C(=O)O)Nc2cc(Cl)cc(Cl)c21. The zero-order valence-electron chi connectivity index (χ0n) is 13.1. The molecule has 0 fully saturated rings. The molecule has 1 heterocycles. The summed E-state index contributed by atoms with van der Waals surface area (Å²) in [5.74, 6) is -1.19. The highest BCUT2D eigenvalue weighted by molar-refractivity contribution is 6.35. The monoisotopic (exact) mass is 378 g/mol. The zero-order valence-corrected chi connectivity index (χ0v) is 14.6. The van der Waals surface area contributed by atoms with Crippen molar-refractivity contribution in [1.29, 1.82) is 0 Å². The number of hydrogen-bond acceptors (Lipinski definition) is 3. The van der Waals surface area contributed by atoms with Crippen molar-refractivity contribution in [2.75, 3.05) is 5.32 Å². The van der Waals surface area contributed by atoms with E-state index in [1.807, 2.05) is 30.3 Å². The summed E-state index contributed by atoms with van der Waals surface area (Å²) in [6, 6.07) is 11.2. The van der Waals surface area contributed by atoms with Crippen LogP contribution in [-0.2, 0) is 16.0 Å². The van der Waals surface area contributed by atoms with E-state index in [2.05, 4.69) is 10.6 Å². The minimum absolute atomic E-state index is 0.195. The van der Waals surface area contributed by atoms with Gasteiger partial charge in [0.25, 0.3) is 0 Å². The molecule has 1 aliphatic heterocycles. The molecular formula is C18H16Cl2N2O3. The summed E-state index contributed by atoms with van der Waals surface area (Å²) in [6.07, 6.45) is 0.410. The van der Waals surface area contributed by atoms with Crippen LogP contribution >= 0.6 is 23.2 Å². The largest absolute Gasteiger partial charge is 0.480 e. The van der Waals surface area contributed by atoms with Crippen LogP contribution < -0.4 is 10.6 Å². The molecule has 25 heavy (non-hydrogen) atoms. The van der Waals surface area contributed by atoms with Crippen molar-refractivity contribution in [2.45, 2.75) is 24.9 Å². The highest BCUT2D eigenvalue weighted by Gasteiger charge is 2.33. The third kappa shape index (κ3) is 4.06. The van der Waals surface area contributed by atoms with Crippen LogP contribution in [0.2, 0.25) is 10.0 Å². The van der Waals surface area contributed by atoms with E-state index in [9.17, 15) is 14.7 Å². The van der Waals surface area contributed by atoms with Crippen molar-refractivity contribution in [3.63, 3.8) is 0 Å². The number of rotatable bonds is 4. The first-order valence-electron chi connectivity index (χ1n) is 7.75. The van der Waals surface area contributed by atoms with Gasteiger partial charge in [0.1, 0.15) is 6.04 Å². The van der Waals surface area contributed by atoms with Crippen LogP contribution in [0, 0.1) is 0 Å². The summed E-state index contributed by atoms with van der Waals surface area (Å²) in [6.45, 7) is 0. The molecule has 2 aromatic carbocycles. The van der Waals surface area contributed by atoms with Crippen LogP contribution in [0.5, 0.6) is 0 Å². The van der Waals surface area contributed by atoms with E-state index >= 15 is 0 Å². The van der Waals surface area contributed by atoms with Gasteiger partial charge < -0.3 is 15.7 Å². The molecule has 0 saturated carbocycles. The number of nitrogens with one attached hydrogen (secondary N) is 2. The summed E-state index contributed by atoms with van der Waals surface area (Å²) in [5.41, 5.74) is 2.07. The molecule has 0 bridgehead atoms. The maximum Gasteiger partial charge on any atom is 0.326 e. The van der Waals surface area contributed by atoms with Crippen molar-refractivity contribution >= 4 is 40.8 Å². The maximum atomic E-state index is 12.4. The number of benzene rings is 2. The van der Waals surface area contributed by atoms with Crippen LogP contribution in [0.4, 0.5) is 5.69 Å². The standard InChI is InChI=1S/C18H16Cl2N2O3/c19-11-7-12(20)17-13(8-11)21-15(18(24)25)9-14(17)22-16(23)6-10-4-2-1-3-5-10/h1-5,7-8,14-15,21H,6,9H2,(H,22,23)(H,24,25). The average Bonchev–Trinajstić information content (AvgIpc) is 2.54. The summed E-state index contributed by atoms with van der Waals surface area (Å²) in [7, 11) is 0. The molecule has 130 valence electrons. The quantitative estimate of drug-likeness (QED) is 0.758. The first kappa shape index (κ1) is 17.6. The lowest BCUT2D eigenvalue weighted by Gasteiger charge is -2.32. The summed E-state index contributed by atoms with van der Waals surface area (Å²) < 4.78 is 0. The number of carbonyl (C=O) groups excluding carboxylic acids is 1. The molecule has 0 spiro atoms. The van der Waals surface area contributed by atoms with Gasteiger partial charge in [-0.15, -0.1) is 0 Å². The summed E-state index contributed by atoms with van der Waals surface area (Å²) in [4.78, 5) is 23.8. The molecule has 3 rings (SSSR count). The van der Waals surface area contributed by atoms with Crippen molar-refractivity contribution in [3.05, 3.63) is 63.6 Å². The number of hydrogen-bond donors (Lipinski definition) is 3. The van der Waals surface area contributed by atoms with E-state index < -0.39 is 18.1 Å². The maximum absolute atomic E-state index is 12.4. The van der Waals surface area contributed by atoms with Crippen LogP contribution in [0.25, 0.3) is 0 Å². The minimum Gasteiger partial charge on any atom is -0.480 e. The van der Waals surface area contributed by atoms with E-state index in [4.69, 9.17) is 23.2 Å². The third-order valence-corrected chi connectivity index (χ3v) is 4.62. The Hall–Kier alpha value is -2.24. The lowest BCUT2D eigenvalue weighted by Crippen LogP contribution is -2.41. The molecule has 7 heteroatoms. The second-order valence-electron chi connectivity index (χ2n) is 5.90. The van der Waals surface area contributed by atoms with Gasteiger partial charge in [-0.2, -0.15) is 0 Å². The molecule has 0 aromatic heterocycles. The van der Waals surface area contributed by atoms with E-state index in [1.165, 1.54) is 0 Å². The second kappa shape index (κ2) is 7.33. The Balaban J connectivity index is 1.85. The highest BCUT2D eigenvalue weighted by atomic mass is 35.5. The molecule has 0 saturated heterocycles. The van der Waals surface area contributed by atoms with Gasteiger partial charge in [0, 0.05) is 27.7 Å². The number of amides is 1. The van der Waals surface area contributed by atoms with Gasteiger partial charge in [0.05, 0.1) is 12.5 Å². The van der Waals surface area contributed by atoms with E-state index in [0.29, 0.717) is 21.3 Å². The predicted octanol–water partition coefficient (Wildman–Crippen LogP) is 3.66. The van der Waals surface area contributed by atoms with Crippen LogP contribution in [0.1, 0.15) is 23.6 Å². The number of carboxylic acid groups (broad SMARTS) is 1. The Morgan fingerprint density at radius 1 is 1.20 bits per heavy atom. The van der Waals surface area contributed by atoms with E-state index in [1.54, 1.807) is 12.1 Å². The van der Waals surface area contributed by atoms with Crippen LogP contribution in [0.3, 0.4) is 0 Å². The number of fused-ring (bicyclic) bond motifs is 1. The lowest BCUT2D eigenvalue weighted by atomic mass is 9.92. The Labute approximate surface area is 154 Å². The van der Waals surface area contributed by atoms with Gasteiger partial charge in [-0.1, -0.05) is 53.5 Å². The van der Waals surface area contributed by atoms with Gasteiger partial charge >= 0.3 is 5.97 Å². The molecule has 3 N–H and O–H groups in total. The number of carbonyl (C=O) groups is 2. The van der Waals surface area contributed by atoms with Crippen molar-refractivity contribution < 1.29 is 14.7 Å². The van der Waals surface area contributed by atoms with Crippen LogP contribution in [-0.4, -0.2) is 23.0 Å². The fourth-order valence-corrected chi connectivity index (χ4v) is 3.60. The molecule has 5 nitrogen and oxygen atoms in total. The highest BCUT2D eigenvalue weighted by Crippen LogP contribution is 2.39. The number of anilines is 1. The first-order valence-corrected chi connectivity index (χ1v) is 8.51. The van der Waals surface area contributed by atoms with Crippen LogP contribution in [0.15, 0.2) is 42.5 Å². The fourth-order valence-electron chi connectivity index (χ4n) is 2.98. The molecule has 0 radical (unpaired) electrons. The third-order valence-electron chi connectivity index (χ3n) is 4.08. The number of carboxylic acids is 1. The fraction of sp³-hybridized carbons (Fsp3) is 0.222. The number of aliphatic carboxylic acids is 1. The van der Waals surface area contributed by atoms with Gasteiger partial charge in [-0.05, 0) is 17.7 Å². The summed E-state index contributed by atoms with van der Waals surface area (Å²) >= 11 is 12.3. The smallest absolute Gasteiger partial charge is 0.326 e. The normalized spacial score (nSPS) is 18.8. The molecule has 1 aliphatic rings. The molecule has 0 aliphatic carbocycles. The minimum atomic E-state index is -0.996. The van der Waals surface area contributed by atoms with Crippen molar-refractivity contribution in [2.24, 2.45) is 0 Å². The van der Waals surface area contributed by atoms with Gasteiger partial charge in [0.15, 0.2) is 0 Å². The Morgan fingerprint density at radius 2 is 1.92 bits per heavy atom. The molecule has 2 unspecified atom stereocenters. The van der Waals surface area contributed by atoms with E-state index in [-0.39, 0.29) is 18.7 Å². The topological polar surface area (TPSA) is 78.4 Å². The Kier molecular flexibility index (Phi) is 5.16. The average molecular weight is 379 g/mol. The predicted molar refractivity (Wildman–Crippen MR) is 97.2 cm³/mol. The van der Waals surface area contributed by atoms with Gasteiger partial charge in [-0.3, -0.25) is 4.79 Å². The Morgan fingerprint density at radius 3 is 2.60 bits per heavy atom. The Bertz CT molecular complexity index is 811. The number of halogens is 2. The van der Waals surface area contributed by atoms with E-state index in [0.717, 1.165) is 5.56 Å². The van der Waals surface area contributed by atoms with Crippen molar-refractivity contribution in [1.82, 2.24) is 5.32 Å². The molecule has 1 amide bonds. The molecule has 2 atom stereocenters. The lowest BCUT2D eigenvalue weighted by molar-refractivity contribution is -0.138. The second-order valence-corrected chi connectivity index (χ2v) is 6.75. The molecular weight excluding hydrogens is 363 g/mol. The zero-order chi connectivity index (χ0) is 18.0. The summed E-state index contributed by atoms with van der Waals surface area (Å²) in [5, 5.41) is 16.0. The molecule has 2 aromatic rings. The van der Waals surface area contributed by atoms with Crippen molar-refractivity contribution in [3.8, 4) is 0 Å².